The van der Waals surface area contributed by atoms with E-state index in [9.17, 15) is 0 Å². The van der Waals surface area contributed by atoms with Gasteiger partial charge in [-0.15, -0.1) is 0 Å². The predicted molar refractivity (Wildman–Crippen MR) is 115 cm³/mol. The standard InChI is InChI=1S/C23H34N4O/c1-17(18-9-7-6-8-10-18)27-13-11-19(12-14-27)24-21-15-20(16-28-5)25-22(26-21)23(2,3)4/h6-10,15,17,19H,11-14,16H2,1-5H3,(H,24,25,26). The summed E-state index contributed by atoms with van der Waals surface area (Å²) in [6.07, 6.45) is 2.23. The Labute approximate surface area is 169 Å². The summed E-state index contributed by atoms with van der Waals surface area (Å²) in [7, 11) is 1.70. The SMILES string of the molecule is COCc1cc(NC2CCN(C(C)c3ccccc3)CC2)nc(C(C)(C)C)n1. The summed E-state index contributed by atoms with van der Waals surface area (Å²) in [5.41, 5.74) is 2.23. The van der Waals surface area contributed by atoms with Gasteiger partial charge in [-0.25, -0.2) is 9.97 Å². The Kier molecular flexibility index (Phi) is 6.68. The Hall–Kier alpha value is -1.98. The van der Waals surface area contributed by atoms with Crippen LogP contribution in [0, 0.1) is 0 Å². The van der Waals surface area contributed by atoms with E-state index in [1.807, 2.05) is 6.07 Å². The lowest BCUT2D eigenvalue weighted by atomic mass is 9.95. The third kappa shape index (κ3) is 5.30. The molecule has 1 aromatic carbocycles. The highest BCUT2D eigenvalue weighted by Gasteiger charge is 2.25. The van der Waals surface area contributed by atoms with E-state index in [0.29, 0.717) is 18.7 Å². The maximum Gasteiger partial charge on any atom is 0.136 e. The molecule has 2 heterocycles. The maximum absolute atomic E-state index is 5.30. The smallest absolute Gasteiger partial charge is 0.136 e. The molecule has 3 rings (SSSR count). The second kappa shape index (κ2) is 9.01. The van der Waals surface area contributed by atoms with Gasteiger partial charge in [0.15, 0.2) is 0 Å². The number of nitrogens with one attached hydrogen (secondary N) is 1. The molecular weight excluding hydrogens is 348 g/mol. The van der Waals surface area contributed by atoms with Gasteiger partial charge in [0.2, 0.25) is 0 Å². The van der Waals surface area contributed by atoms with Crippen LogP contribution in [0.4, 0.5) is 5.82 Å². The fraction of sp³-hybridized carbons (Fsp3) is 0.565. The largest absolute Gasteiger partial charge is 0.378 e. The molecule has 28 heavy (non-hydrogen) atoms. The molecular formula is C23H34N4O. The molecule has 0 radical (unpaired) electrons. The fourth-order valence-corrected chi connectivity index (χ4v) is 3.71. The molecule has 1 aliphatic rings. The zero-order chi connectivity index (χ0) is 20.1. The van der Waals surface area contributed by atoms with E-state index in [1.165, 1.54) is 5.56 Å². The van der Waals surface area contributed by atoms with Crippen LogP contribution in [0.15, 0.2) is 36.4 Å². The van der Waals surface area contributed by atoms with Crippen molar-refractivity contribution in [2.24, 2.45) is 0 Å². The monoisotopic (exact) mass is 382 g/mol. The van der Waals surface area contributed by atoms with Crippen molar-refractivity contribution in [2.75, 3.05) is 25.5 Å². The number of methoxy groups -OCH3 is 1. The minimum absolute atomic E-state index is 0.0886. The average Bonchev–Trinajstić information content (AvgIpc) is 2.68. The molecule has 1 atom stereocenters. The van der Waals surface area contributed by atoms with Gasteiger partial charge in [0, 0.05) is 43.8 Å². The van der Waals surface area contributed by atoms with Gasteiger partial charge in [-0.3, -0.25) is 4.90 Å². The second-order valence-corrected chi connectivity index (χ2v) is 8.79. The van der Waals surface area contributed by atoms with E-state index in [1.54, 1.807) is 7.11 Å². The van der Waals surface area contributed by atoms with Crippen LogP contribution in [-0.4, -0.2) is 41.1 Å². The predicted octanol–water partition coefficient (Wildman–Crippen LogP) is 4.56. The molecule has 1 saturated heterocycles. The Morgan fingerprint density at radius 1 is 1.14 bits per heavy atom. The van der Waals surface area contributed by atoms with Gasteiger partial charge in [-0.2, -0.15) is 0 Å². The second-order valence-electron chi connectivity index (χ2n) is 8.79. The summed E-state index contributed by atoms with van der Waals surface area (Å²) in [6.45, 7) is 11.4. The molecule has 0 aliphatic carbocycles. The van der Waals surface area contributed by atoms with E-state index in [0.717, 1.165) is 43.3 Å². The summed E-state index contributed by atoms with van der Waals surface area (Å²) < 4.78 is 5.30. The topological polar surface area (TPSA) is 50.3 Å². The van der Waals surface area contributed by atoms with Crippen LogP contribution in [0.3, 0.4) is 0 Å². The molecule has 5 nitrogen and oxygen atoms in total. The fourth-order valence-electron chi connectivity index (χ4n) is 3.71. The summed E-state index contributed by atoms with van der Waals surface area (Å²) in [4.78, 5) is 12.0. The number of hydrogen-bond acceptors (Lipinski definition) is 5. The van der Waals surface area contributed by atoms with Gasteiger partial charge >= 0.3 is 0 Å². The molecule has 1 unspecified atom stereocenters. The summed E-state index contributed by atoms with van der Waals surface area (Å²) in [5, 5.41) is 3.66. The number of aromatic nitrogens is 2. The van der Waals surface area contributed by atoms with Crippen molar-refractivity contribution in [2.45, 2.75) is 64.6 Å². The Morgan fingerprint density at radius 2 is 1.82 bits per heavy atom. The molecule has 152 valence electrons. The van der Waals surface area contributed by atoms with Gasteiger partial charge in [-0.05, 0) is 25.3 Å². The molecule has 1 fully saturated rings. The number of benzene rings is 1. The highest BCUT2D eigenvalue weighted by molar-refractivity contribution is 5.38. The van der Waals surface area contributed by atoms with Crippen LogP contribution in [0.5, 0.6) is 0 Å². The minimum Gasteiger partial charge on any atom is -0.378 e. The van der Waals surface area contributed by atoms with Crippen LogP contribution < -0.4 is 5.32 Å². The summed E-state index contributed by atoms with van der Waals surface area (Å²) in [5.74, 6) is 1.78. The van der Waals surface area contributed by atoms with Crippen molar-refractivity contribution in [3.63, 3.8) is 0 Å². The molecule has 2 aromatic rings. The third-order valence-corrected chi connectivity index (χ3v) is 5.45. The van der Waals surface area contributed by atoms with Crippen molar-refractivity contribution in [3.8, 4) is 0 Å². The third-order valence-electron chi connectivity index (χ3n) is 5.45. The number of hydrogen-bond donors (Lipinski definition) is 1. The van der Waals surface area contributed by atoms with Crippen molar-refractivity contribution >= 4 is 5.82 Å². The van der Waals surface area contributed by atoms with E-state index in [4.69, 9.17) is 9.72 Å². The number of ether oxygens (including phenoxy) is 1. The molecule has 0 spiro atoms. The minimum atomic E-state index is -0.0886. The average molecular weight is 383 g/mol. The normalized spacial score (nSPS) is 17.5. The molecule has 0 bridgehead atoms. The molecule has 1 aliphatic heterocycles. The Balaban J connectivity index is 1.63. The number of rotatable bonds is 6. The van der Waals surface area contributed by atoms with E-state index >= 15 is 0 Å². The molecule has 1 N–H and O–H groups in total. The summed E-state index contributed by atoms with van der Waals surface area (Å²) >= 11 is 0. The van der Waals surface area contributed by atoms with Crippen LogP contribution >= 0.6 is 0 Å². The molecule has 5 heteroatoms. The Morgan fingerprint density at radius 3 is 2.43 bits per heavy atom. The van der Waals surface area contributed by atoms with Gasteiger partial charge in [0.1, 0.15) is 11.6 Å². The number of likely N-dealkylation sites (tertiary alicyclic amines) is 1. The lowest BCUT2D eigenvalue weighted by Crippen LogP contribution is -2.40. The highest BCUT2D eigenvalue weighted by Crippen LogP contribution is 2.26. The van der Waals surface area contributed by atoms with Gasteiger partial charge in [0.25, 0.3) is 0 Å². The molecule has 0 amide bonds. The first-order valence-electron chi connectivity index (χ1n) is 10.3. The van der Waals surface area contributed by atoms with Crippen LogP contribution in [0.2, 0.25) is 0 Å². The van der Waals surface area contributed by atoms with Crippen molar-refractivity contribution in [3.05, 3.63) is 53.5 Å². The van der Waals surface area contributed by atoms with Gasteiger partial charge < -0.3 is 10.1 Å². The molecule has 1 aromatic heterocycles. The zero-order valence-corrected chi connectivity index (χ0v) is 17.9. The van der Waals surface area contributed by atoms with Crippen molar-refractivity contribution in [1.82, 2.24) is 14.9 Å². The maximum atomic E-state index is 5.30. The highest BCUT2D eigenvalue weighted by atomic mass is 16.5. The molecule has 0 saturated carbocycles. The van der Waals surface area contributed by atoms with Gasteiger partial charge in [0.05, 0.1) is 12.3 Å². The first-order valence-corrected chi connectivity index (χ1v) is 10.3. The Bertz CT molecular complexity index is 749. The van der Waals surface area contributed by atoms with E-state index < -0.39 is 0 Å². The first-order chi connectivity index (χ1) is 13.4. The summed E-state index contributed by atoms with van der Waals surface area (Å²) in [6, 6.07) is 13.7. The zero-order valence-electron chi connectivity index (χ0n) is 17.9. The van der Waals surface area contributed by atoms with E-state index in [2.05, 4.69) is 73.2 Å². The van der Waals surface area contributed by atoms with Crippen molar-refractivity contribution < 1.29 is 4.74 Å². The van der Waals surface area contributed by atoms with E-state index in [-0.39, 0.29) is 5.41 Å². The van der Waals surface area contributed by atoms with Crippen molar-refractivity contribution in [1.29, 1.82) is 0 Å². The lowest BCUT2D eigenvalue weighted by Gasteiger charge is -2.36. The first kappa shape index (κ1) is 20.7. The van der Waals surface area contributed by atoms with Gasteiger partial charge in [-0.1, -0.05) is 51.1 Å². The number of anilines is 1. The van der Waals surface area contributed by atoms with Crippen LogP contribution in [0.25, 0.3) is 0 Å². The van der Waals surface area contributed by atoms with Crippen LogP contribution in [0.1, 0.15) is 63.7 Å². The number of piperidine rings is 1. The lowest BCUT2D eigenvalue weighted by molar-refractivity contribution is 0.167. The quantitative estimate of drug-likeness (QED) is 0.794. The number of nitrogens with zero attached hydrogens (tertiary/aromatic N) is 3. The van der Waals surface area contributed by atoms with Crippen LogP contribution in [-0.2, 0) is 16.8 Å².